The van der Waals surface area contributed by atoms with Gasteiger partial charge in [0.2, 0.25) is 0 Å². The van der Waals surface area contributed by atoms with Crippen LogP contribution < -0.4 is 5.32 Å². The average molecular weight is 236 g/mol. The molecule has 1 amide bonds. The lowest BCUT2D eigenvalue weighted by molar-refractivity contribution is 0.0922. The van der Waals surface area contributed by atoms with E-state index in [1.165, 1.54) is 0 Å². The highest BCUT2D eigenvalue weighted by Gasteiger charge is 2.19. The highest BCUT2D eigenvalue weighted by Crippen LogP contribution is 2.18. The third-order valence-corrected chi connectivity index (χ3v) is 2.74. The number of amides is 1. The van der Waals surface area contributed by atoms with E-state index in [2.05, 4.69) is 10.3 Å². The summed E-state index contributed by atoms with van der Waals surface area (Å²) in [5.41, 5.74) is 1.23. The van der Waals surface area contributed by atoms with Gasteiger partial charge in [-0.15, -0.1) is 0 Å². The maximum Gasteiger partial charge on any atom is 0.270 e. The van der Waals surface area contributed by atoms with Crippen molar-refractivity contribution >= 4 is 5.91 Å². The molecule has 0 atom stereocenters. The number of aryl methyl sites for hydroxylation is 1. The van der Waals surface area contributed by atoms with Crippen LogP contribution in [0, 0.1) is 12.3 Å². The molecule has 4 nitrogen and oxygen atoms in total. The molecule has 0 saturated carbocycles. The van der Waals surface area contributed by atoms with Crippen molar-refractivity contribution in [3.8, 4) is 0 Å². The number of pyridine rings is 1. The Bertz CT molecular complexity index is 389. The van der Waals surface area contributed by atoms with Gasteiger partial charge in [-0.25, -0.2) is 0 Å². The number of aliphatic hydroxyl groups is 1. The predicted molar refractivity (Wildman–Crippen MR) is 66.8 cm³/mol. The summed E-state index contributed by atoms with van der Waals surface area (Å²) >= 11 is 0. The molecule has 94 valence electrons. The highest BCUT2D eigenvalue weighted by molar-refractivity contribution is 5.93. The molecule has 1 rings (SSSR count). The molecule has 0 bridgehead atoms. The van der Waals surface area contributed by atoms with Crippen molar-refractivity contribution < 1.29 is 9.90 Å². The molecular weight excluding hydrogens is 216 g/mol. The van der Waals surface area contributed by atoms with Crippen LogP contribution in [0.15, 0.2) is 18.3 Å². The number of carbonyl (C=O) groups is 1. The fraction of sp³-hybridized carbons (Fsp3) is 0.538. The molecule has 0 saturated heterocycles. The van der Waals surface area contributed by atoms with Gasteiger partial charge in [0.1, 0.15) is 5.69 Å². The summed E-state index contributed by atoms with van der Waals surface area (Å²) in [6.07, 6.45) is 2.27. The van der Waals surface area contributed by atoms with Gasteiger partial charge in [-0.1, -0.05) is 19.9 Å². The zero-order valence-electron chi connectivity index (χ0n) is 10.7. The van der Waals surface area contributed by atoms with E-state index in [-0.39, 0.29) is 17.9 Å². The number of aromatic nitrogens is 1. The Morgan fingerprint density at radius 3 is 2.82 bits per heavy atom. The molecule has 0 unspecified atom stereocenters. The number of hydrogen-bond acceptors (Lipinski definition) is 3. The Hall–Kier alpha value is -1.42. The van der Waals surface area contributed by atoms with Crippen LogP contribution in [-0.4, -0.2) is 29.1 Å². The van der Waals surface area contributed by atoms with Crippen molar-refractivity contribution in [2.45, 2.75) is 27.2 Å². The number of nitrogens with zero attached hydrogens (tertiary/aromatic N) is 1. The van der Waals surface area contributed by atoms with Gasteiger partial charge in [0.05, 0.1) is 0 Å². The van der Waals surface area contributed by atoms with E-state index in [1.54, 1.807) is 6.20 Å². The summed E-state index contributed by atoms with van der Waals surface area (Å²) in [5.74, 6) is -0.158. The number of aliphatic hydroxyl groups excluding tert-OH is 1. The first-order valence-electron chi connectivity index (χ1n) is 5.77. The van der Waals surface area contributed by atoms with Crippen molar-refractivity contribution in [2.75, 3.05) is 13.2 Å². The molecule has 1 aromatic rings. The minimum Gasteiger partial charge on any atom is -0.396 e. The van der Waals surface area contributed by atoms with E-state index < -0.39 is 0 Å². The molecule has 0 aromatic carbocycles. The van der Waals surface area contributed by atoms with E-state index in [9.17, 15) is 4.79 Å². The first kappa shape index (κ1) is 13.6. The molecule has 17 heavy (non-hydrogen) atoms. The fourth-order valence-corrected chi connectivity index (χ4v) is 1.52. The summed E-state index contributed by atoms with van der Waals surface area (Å²) in [5, 5.41) is 11.8. The summed E-state index contributed by atoms with van der Waals surface area (Å²) in [6.45, 7) is 6.54. The van der Waals surface area contributed by atoms with E-state index in [0.29, 0.717) is 18.7 Å². The lowest BCUT2D eigenvalue weighted by atomic mass is 9.90. The second kappa shape index (κ2) is 5.77. The van der Waals surface area contributed by atoms with E-state index >= 15 is 0 Å². The van der Waals surface area contributed by atoms with Gasteiger partial charge in [-0.2, -0.15) is 0 Å². The summed E-state index contributed by atoms with van der Waals surface area (Å²) in [7, 11) is 0. The first-order chi connectivity index (χ1) is 7.96. The SMILES string of the molecule is Cc1cccnc1C(=O)NCC(C)(C)CCO. The molecule has 0 radical (unpaired) electrons. The topological polar surface area (TPSA) is 62.2 Å². The standard InChI is InChI=1S/C13H20N2O2/c1-10-5-4-7-14-11(10)12(17)15-9-13(2,3)6-8-16/h4-5,7,16H,6,8-9H2,1-3H3,(H,15,17). The van der Waals surface area contributed by atoms with Crippen molar-refractivity contribution in [1.82, 2.24) is 10.3 Å². The molecule has 1 aromatic heterocycles. The molecule has 0 fully saturated rings. The third-order valence-electron chi connectivity index (χ3n) is 2.74. The maximum atomic E-state index is 11.9. The van der Waals surface area contributed by atoms with E-state index in [1.807, 2.05) is 32.9 Å². The number of nitrogens with one attached hydrogen (secondary N) is 1. The Morgan fingerprint density at radius 1 is 1.53 bits per heavy atom. The van der Waals surface area contributed by atoms with Crippen LogP contribution in [-0.2, 0) is 0 Å². The van der Waals surface area contributed by atoms with Crippen LogP contribution in [0.4, 0.5) is 0 Å². The second-order valence-corrected chi connectivity index (χ2v) is 4.99. The average Bonchev–Trinajstić information content (AvgIpc) is 2.27. The summed E-state index contributed by atoms with van der Waals surface area (Å²) < 4.78 is 0. The largest absolute Gasteiger partial charge is 0.396 e. The molecule has 4 heteroatoms. The smallest absolute Gasteiger partial charge is 0.270 e. The monoisotopic (exact) mass is 236 g/mol. The molecule has 0 aliphatic carbocycles. The van der Waals surface area contributed by atoms with Crippen LogP contribution in [0.25, 0.3) is 0 Å². The minimum atomic E-state index is -0.158. The van der Waals surface area contributed by atoms with Crippen molar-refractivity contribution in [3.63, 3.8) is 0 Å². The number of carbonyl (C=O) groups excluding carboxylic acids is 1. The predicted octanol–water partition coefficient (Wildman–Crippen LogP) is 1.53. The van der Waals surface area contributed by atoms with E-state index in [0.717, 1.165) is 5.56 Å². The Kier molecular flexibility index (Phi) is 4.63. The Balaban J connectivity index is 2.59. The van der Waals surface area contributed by atoms with Crippen LogP contribution in [0.3, 0.4) is 0 Å². The van der Waals surface area contributed by atoms with Crippen LogP contribution in [0.1, 0.15) is 36.3 Å². The lowest BCUT2D eigenvalue weighted by Gasteiger charge is -2.23. The number of rotatable bonds is 5. The van der Waals surface area contributed by atoms with Gasteiger partial charge in [-0.3, -0.25) is 9.78 Å². The van der Waals surface area contributed by atoms with E-state index in [4.69, 9.17) is 5.11 Å². The van der Waals surface area contributed by atoms with Gasteiger partial charge in [0.15, 0.2) is 0 Å². The van der Waals surface area contributed by atoms with Gasteiger partial charge < -0.3 is 10.4 Å². The van der Waals surface area contributed by atoms with Crippen molar-refractivity contribution in [2.24, 2.45) is 5.41 Å². The van der Waals surface area contributed by atoms with Crippen LogP contribution in [0.5, 0.6) is 0 Å². The van der Waals surface area contributed by atoms with Crippen molar-refractivity contribution in [1.29, 1.82) is 0 Å². The first-order valence-corrected chi connectivity index (χ1v) is 5.77. The highest BCUT2D eigenvalue weighted by atomic mass is 16.3. The zero-order valence-corrected chi connectivity index (χ0v) is 10.7. The molecule has 0 spiro atoms. The minimum absolute atomic E-state index is 0.104. The molecule has 2 N–H and O–H groups in total. The molecular formula is C13H20N2O2. The second-order valence-electron chi connectivity index (χ2n) is 4.99. The van der Waals surface area contributed by atoms with Gasteiger partial charge in [0.25, 0.3) is 5.91 Å². The molecule has 0 aliphatic rings. The van der Waals surface area contributed by atoms with Gasteiger partial charge in [0, 0.05) is 19.3 Å². The summed E-state index contributed by atoms with van der Waals surface area (Å²) in [4.78, 5) is 15.9. The maximum absolute atomic E-state index is 11.9. The normalized spacial score (nSPS) is 11.3. The Labute approximate surface area is 102 Å². The van der Waals surface area contributed by atoms with Gasteiger partial charge in [-0.05, 0) is 30.4 Å². The molecule has 1 heterocycles. The van der Waals surface area contributed by atoms with Crippen molar-refractivity contribution in [3.05, 3.63) is 29.6 Å². The van der Waals surface area contributed by atoms with Crippen LogP contribution >= 0.6 is 0 Å². The quantitative estimate of drug-likeness (QED) is 0.815. The van der Waals surface area contributed by atoms with Crippen LogP contribution in [0.2, 0.25) is 0 Å². The third kappa shape index (κ3) is 4.15. The number of hydrogen-bond donors (Lipinski definition) is 2. The lowest BCUT2D eigenvalue weighted by Crippen LogP contribution is -2.35. The zero-order chi connectivity index (χ0) is 12.9. The Morgan fingerprint density at radius 2 is 2.24 bits per heavy atom. The van der Waals surface area contributed by atoms with Gasteiger partial charge >= 0.3 is 0 Å². The fourth-order valence-electron chi connectivity index (χ4n) is 1.52. The summed E-state index contributed by atoms with van der Waals surface area (Å²) in [6, 6.07) is 3.67. The molecule has 0 aliphatic heterocycles.